The molecule has 0 radical (unpaired) electrons. The van der Waals surface area contributed by atoms with E-state index >= 15 is 0 Å². The molecule has 21 heavy (non-hydrogen) atoms. The van der Waals surface area contributed by atoms with Crippen LogP contribution in [0.3, 0.4) is 0 Å². The van der Waals surface area contributed by atoms with Crippen molar-refractivity contribution in [2.24, 2.45) is 10.7 Å². The lowest BCUT2D eigenvalue weighted by molar-refractivity contribution is 0.688. The maximum absolute atomic E-state index is 5.89. The van der Waals surface area contributed by atoms with Gasteiger partial charge in [-0.15, -0.1) is 34.2 Å². The molecule has 0 spiro atoms. The third kappa shape index (κ3) is 3.72. The summed E-state index contributed by atoms with van der Waals surface area (Å²) >= 11 is 0. The minimum atomic E-state index is 0. The molecule has 1 aliphatic heterocycles. The Morgan fingerprint density at radius 3 is 2.86 bits per heavy atom. The van der Waals surface area contributed by atoms with Crippen molar-refractivity contribution < 1.29 is 0 Å². The number of hydrogen-bond acceptors (Lipinski definition) is 3. The highest BCUT2D eigenvalue weighted by atomic mass is 127. The Morgan fingerprint density at radius 1 is 1.33 bits per heavy atom. The fourth-order valence-electron chi connectivity index (χ4n) is 2.31. The van der Waals surface area contributed by atoms with Crippen LogP contribution in [-0.2, 0) is 19.5 Å². The summed E-state index contributed by atoms with van der Waals surface area (Å²) in [6.45, 7) is 3.49. The number of halogens is 1. The van der Waals surface area contributed by atoms with Crippen molar-refractivity contribution in [1.82, 2.24) is 14.8 Å². The number of anilines is 1. The standard InChI is InChI=1S/C14H18N6.HI/c1-10-4-6-11(7-5-10)17-14(15)16-9-13-19-18-12-3-2-8-20(12)13;/h4-7H,2-3,8-9H2,1H3,(H3,15,16,17);1H. The summed E-state index contributed by atoms with van der Waals surface area (Å²) in [7, 11) is 0. The molecule has 0 saturated carbocycles. The van der Waals surface area contributed by atoms with E-state index in [0.717, 1.165) is 36.7 Å². The van der Waals surface area contributed by atoms with Gasteiger partial charge in [0.05, 0.1) is 0 Å². The maximum atomic E-state index is 5.89. The molecular weight excluding hydrogens is 379 g/mol. The molecule has 2 heterocycles. The second-order valence-electron chi connectivity index (χ2n) is 4.98. The number of aryl methyl sites for hydroxylation is 2. The molecule has 1 aromatic heterocycles. The Balaban J connectivity index is 0.00000161. The van der Waals surface area contributed by atoms with Crippen LogP contribution < -0.4 is 11.1 Å². The quantitative estimate of drug-likeness (QED) is 0.471. The van der Waals surface area contributed by atoms with Crippen molar-refractivity contribution in [3.05, 3.63) is 41.5 Å². The van der Waals surface area contributed by atoms with E-state index in [1.807, 2.05) is 31.2 Å². The third-order valence-electron chi connectivity index (χ3n) is 3.40. The smallest absolute Gasteiger partial charge is 0.193 e. The predicted molar refractivity (Wildman–Crippen MR) is 93.9 cm³/mol. The summed E-state index contributed by atoms with van der Waals surface area (Å²) in [5, 5.41) is 11.4. The predicted octanol–water partition coefficient (Wildman–Crippen LogP) is 2.08. The lowest BCUT2D eigenvalue weighted by atomic mass is 10.2. The molecule has 0 unspecified atom stereocenters. The lowest BCUT2D eigenvalue weighted by Crippen LogP contribution is -2.22. The van der Waals surface area contributed by atoms with Gasteiger partial charge < -0.3 is 15.6 Å². The van der Waals surface area contributed by atoms with Gasteiger partial charge in [0.15, 0.2) is 11.8 Å². The van der Waals surface area contributed by atoms with Crippen LogP contribution in [-0.4, -0.2) is 20.7 Å². The van der Waals surface area contributed by atoms with Gasteiger partial charge in [-0.3, -0.25) is 0 Å². The zero-order valence-corrected chi connectivity index (χ0v) is 14.2. The first-order chi connectivity index (χ1) is 9.72. The van der Waals surface area contributed by atoms with Crippen LogP contribution in [0.1, 0.15) is 23.6 Å². The largest absolute Gasteiger partial charge is 0.370 e. The number of nitrogens with one attached hydrogen (secondary N) is 1. The van der Waals surface area contributed by atoms with Crippen molar-refractivity contribution in [3.8, 4) is 0 Å². The fraction of sp³-hybridized carbons (Fsp3) is 0.357. The number of hydrogen-bond donors (Lipinski definition) is 2. The van der Waals surface area contributed by atoms with E-state index in [1.165, 1.54) is 5.56 Å². The monoisotopic (exact) mass is 398 g/mol. The molecule has 0 atom stereocenters. The van der Waals surface area contributed by atoms with Gasteiger partial charge in [-0.2, -0.15) is 0 Å². The minimum absolute atomic E-state index is 0. The third-order valence-corrected chi connectivity index (χ3v) is 3.40. The van der Waals surface area contributed by atoms with Gasteiger partial charge in [-0.05, 0) is 25.5 Å². The molecule has 3 N–H and O–H groups in total. The SMILES string of the molecule is Cc1ccc(NC(N)=NCc2nnc3n2CCC3)cc1.I. The van der Waals surface area contributed by atoms with Crippen molar-refractivity contribution in [2.75, 3.05) is 5.32 Å². The van der Waals surface area contributed by atoms with Crippen LogP contribution in [0.25, 0.3) is 0 Å². The molecule has 1 aliphatic rings. The van der Waals surface area contributed by atoms with Crippen LogP contribution in [0.2, 0.25) is 0 Å². The molecule has 0 amide bonds. The number of nitrogens with zero attached hydrogens (tertiary/aromatic N) is 4. The fourth-order valence-corrected chi connectivity index (χ4v) is 2.31. The Bertz CT molecular complexity index is 631. The van der Waals surface area contributed by atoms with Gasteiger partial charge in [0.25, 0.3) is 0 Å². The van der Waals surface area contributed by atoms with E-state index in [1.54, 1.807) is 0 Å². The summed E-state index contributed by atoms with van der Waals surface area (Å²) in [5.74, 6) is 2.33. The Labute approximate surface area is 140 Å². The van der Waals surface area contributed by atoms with E-state index < -0.39 is 0 Å². The van der Waals surface area contributed by atoms with Crippen molar-refractivity contribution in [1.29, 1.82) is 0 Å². The first kappa shape index (κ1) is 15.7. The first-order valence-electron chi connectivity index (χ1n) is 6.77. The number of aromatic nitrogens is 3. The Morgan fingerprint density at radius 2 is 2.10 bits per heavy atom. The molecule has 1 aromatic carbocycles. The highest BCUT2D eigenvalue weighted by Crippen LogP contribution is 2.14. The van der Waals surface area contributed by atoms with E-state index in [9.17, 15) is 0 Å². The summed E-state index contributed by atoms with van der Waals surface area (Å²) in [6, 6.07) is 8.01. The van der Waals surface area contributed by atoms with Gasteiger partial charge in [0.2, 0.25) is 0 Å². The number of rotatable bonds is 3. The zero-order valence-electron chi connectivity index (χ0n) is 11.9. The van der Waals surface area contributed by atoms with Crippen LogP contribution in [0.5, 0.6) is 0 Å². The Hall–Kier alpha value is -1.64. The van der Waals surface area contributed by atoms with Gasteiger partial charge in [-0.25, -0.2) is 4.99 Å². The number of nitrogens with two attached hydrogens (primary N) is 1. The minimum Gasteiger partial charge on any atom is -0.370 e. The summed E-state index contributed by atoms with van der Waals surface area (Å²) in [5.41, 5.74) is 8.03. The van der Waals surface area contributed by atoms with E-state index in [2.05, 4.69) is 25.1 Å². The first-order valence-corrected chi connectivity index (χ1v) is 6.77. The molecule has 7 heteroatoms. The van der Waals surface area contributed by atoms with Crippen molar-refractivity contribution >= 4 is 35.6 Å². The molecule has 6 nitrogen and oxygen atoms in total. The molecule has 0 bridgehead atoms. The van der Waals surface area contributed by atoms with Gasteiger partial charge in [0, 0.05) is 18.7 Å². The molecule has 2 aromatic rings. The van der Waals surface area contributed by atoms with E-state index in [-0.39, 0.29) is 24.0 Å². The average molecular weight is 398 g/mol. The van der Waals surface area contributed by atoms with Crippen LogP contribution >= 0.6 is 24.0 Å². The van der Waals surface area contributed by atoms with Gasteiger partial charge in [-0.1, -0.05) is 17.7 Å². The van der Waals surface area contributed by atoms with Crippen molar-refractivity contribution in [3.63, 3.8) is 0 Å². The van der Waals surface area contributed by atoms with E-state index in [0.29, 0.717) is 12.5 Å². The number of benzene rings is 1. The summed E-state index contributed by atoms with van der Waals surface area (Å²) < 4.78 is 2.13. The molecule has 0 aliphatic carbocycles. The second kappa shape index (κ2) is 6.88. The molecule has 0 saturated heterocycles. The highest BCUT2D eigenvalue weighted by Gasteiger charge is 2.16. The van der Waals surface area contributed by atoms with Crippen LogP contribution in [0.15, 0.2) is 29.3 Å². The van der Waals surface area contributed by atoms with Crippen LogP contribution in [0.4, 0.5) is 5.69 Å². The Kier molecular flexibility index (Phi) is 5.16. The van der Waals surface area contributed by atoms with Crippen LogP contribution in [0, 0.1) is 6.92 Å². The van der Waals surface area contributed by atoms with Crippen molar-refractivity contribution in [2.45, 2.75) is 32.9 Å². The molecular formula is C14H19IN6. The molecule has 0 fully saturated rings. The highest BCUT2D eigenvalue weighted by molar-refractivity contribution is 14.0. The number of aliphatic imine (C=N–C) groups is 1. The van der Waals surface area contributed by atoms with Gasteiger partial charge >= 0.3 is 0 Å². The second-order valence-corrected chi connectivity index (χ2v) is 4.98. The van der Waals surface area contributed by atoms with Gasteiger partial charge in [0.1, 0.15) is 12.4 Å². The average Bonchev–Trinajstić information content (AvgIpc) is 3.02. The topological polar surface area (TPSA) is 81.1 Å². The molecule has 3 rings (SSSR count). The number of guanidine groups is 1. The summed E-state index contributed by atoms with van der Waals surface area (Å²) in [4.78, 5) is 4.32. The molecule has 112 valence electrons. The zero-order chi connectivity index (χ0) is 13.9. The number of fused-ring (bicyclic) bond motifs is 1. The lowest BCUT2D eigenvalue weighted by Gasteiger charge is -2.06. The maximum Gasteiger partial charge on any atom is 0.193 e. The van der Waals surface area contributed by atoms with E-state index in [4.69, 9.17) is 5.73 Å². The normalized spacial score (nSPS) is 13.7. The summed E-state index contributed by atoms with van der Waals surface area (Å²) in [6.07, 6.45) is 2.15.